The quantitative estimate of drug-likeness (QED) is 0.896. The van der Waals surface area contributed by atoms with Crippen LogP contribution >= 0.6 is 23.2 Å². The minimum Gasteiger partial charge on any atom is -0.336 e. The van der Waals surface area contributed by atoms with Crippen LogP contribution in [0.3, 0.4) is 0 Å². The third kappa shape index (κ3) is 3.28. The molecular formula is C11H15Cl2N3O3S. The fourth-order valence-corrected chi connectivity index (χ4v) is 3.43. The minimum absolute atomic E-state index is 0.209. The first-order chi connectivity index (χ1) is 9.19. The lowest BCUT2D eigenvalue weighted by atomic mass is 10.3. The molecule has 1 aromatic heterocycles. The molecule has 20 heavy (non-hydrogen) atoms. The Kier molecular flexibility index (Phi) is 4.34. The van der Waals surface area contributed by atoms with Crippen molar-refractivity contribution in [3.8, 4) is 0 Å². The Morgan fingerprint density at radius 1 is 1.45 bits per heavy atom. The molecule has 0 bridgehead atoms. The highest BCUT2D eigenvalue weighted by Gasteiger charge is 2.30. The number of amides is 1. The van der Waals surface area contributed by atoms with Crippen molar-refractivity contribution < 1.29 is 13.2 Å². The Morgan fingerprint density at radius 3 is 2.60 bits per heavy atom. The van der Waals surface area contributed by atoms with E-state index in [1.807, 2.05) is 0 Å². The number of aromatic nitrogens is 1. The third-order valence-corrected chi connectivity index (χ3v) is 4.80. The summed E-state index contributed by atoms with van der Waals surface area (Å²) >= 11 is 11.8. The van der Waals surface area contributed by atoms with Crippen LogP contribution in [0.1, 0.15) is 16.9 Å². The molecule has 1 N–H and O–H groups in total. The molecule has 1 fully saturated rings. The van der Waals surface area contributed by atoms with E-state index >= 15 is 0 Å². The smallest absolute Gasteiger partial charge is 0.270 e. The Hall–Kier alpha value is -0.760. The molecular weight excluding hydrogens is 325 g/mol. The van der Waals surface area contributed by atoms with E-state index in [2.05, 4.69) is 4.72 Å². The molecule has 0 radical (unpaired) electrons. The number of carbonyl (C=O) groups is 1. The molecule has 2 rings (SSSR count). The molecule has 1 amide bonds. The summed E-state index contributed by atoms with van der Waals surface area (Å²) in [5, 5.41) is 0.627. The summed E-state index contributed by atoms with van der Waals surface area (Å²) in [5.74, 6) is -0.209. The van der Waals surface area contributed by atoms with Crippen LogP contribution in [-0.2, 0) is 17.1 Å². The zero-order valence-corrected chi connectivity index (χ0v) is 13.4. The van der Waals surface area contributed by atoms with Gasteiger partial charge in [0.2, 0.25) is 10.0 Å². The lowest BCUT2D eigenvalue weighted by Gasteiger charge is -2.17. The van der Waals surface area contributed by atoms with Gasteiger partial charge in [0.25, 0.3) is 5.91 Å². The maximum absolute atomic E-state index is 12.4. The van der Waals surface area contributed by atoms with E-state index in [4.69, 9.17) is 23.2 Å². The van der Waals surface area contributed by atoms with Crippen molar-refractivity contribution in [3.05, 3.63) is 21.9 Å². The predicted molar refractivity (Wildman–Crippen MR) is 77.7 cm³/mol. The summed E-state index contributed by atoms with van der Waals surface area (Å²) in [5.41, 5.74) is 0.389. The van der Waals surface area contributed by atoms with Crippen LogP contribution in [0, 0.1) is 0 Å². The fourth-order valence-electron chi connectivity index (χ4n) is 2.25. The van der Waals surface area contributed by atoms with Crippen LogP contribution in [0.5, 0.6) is 0 Å². The Labute approximate surface area is 127 Å². The lowest BCUT2D eigenvalue weighted by Crippen LogP contribution is -2.38. The van der Waals surface area contributed by atoms with Crippen molar-refractivity contribution in [2.24, 2.45) is 7.05 Å². The van der Waals surface area contributed by atoms with Gasteiger partial charge in [-0.3, -0.25) is 4.79 Å². The average Bonchev–Trinajstić information content (AvgIpc) is 2.87. The first-order valence-corrected chi connectivity index (χ1v) is 8.61. The number of nitrogens with one attached hydrogen (secondary N) is 1. The highest BCUT2D eigenvalue weighted by Crippen LogP contribution is 2.26. The summed E-state index contributed by atoms with van der Waals surface area (Å²) in [4.78, 5) is 13.9. The van der Waals surface area contributed by atoms with Crippen molar-refractivity contribution >= 4 is 39.1 Å². The molecule has 9 heteroatoms. The second-order valence-corrected chi connectivity index (χ2v) is 7.40. The SMILES string of the molecule is Cn1c(C(=O)N2CC[C@@H](NS(C)(=O)=O)C2)cc(Cl)c1Cl. The number of nitrogens with zero attached hydrogens (tertiary/aromatic N) is 2. The molecule has 0 aliphatic carbocycles. The van der Waals surface area contributed by atoms with E-state index in [1.54, 1.807) is 11.9 Å². The number of hydrogen-bond donors (Lipinski definition) is 1. The zero-order valence-electron chi connectivity index (χ0n) is 11.1. The Bertz CT molecular complexity index is 642. The van der Waals surface area contributed by atoms with Crippen LogP contribution in [-0.4, -0.2) is 49.2 Å². The van der Waals surface area contributed by atoms with Crippen LogP contribution in [0.25, 0.3) is 0 Å². The number of sulfonamides is 1. The van der Waals surface area contributed by atoms with Crippen LogP contribution in [0.2, 0.25) is 10.2 Å². The molecule has 1 aliphatic rings. The summed E-state index contributed by atoms with van der Waals surface area (Å²) in [6.45, 7) is 0.832. The molecule has 6 nitrogen and oxygen atoms in total. The van der Waals surface area contributed by atoms with Crippen LogP contribution < -0.4 is 4.72 Å². The van der Waals surface area contributed by atoms with Gasteiger partial charge in [0.05, 0.1) is 11.3 Å². The van der Waals surface area contributed by atoms with Gasteiger partial charge in [-0.05, 0) is 12.5 Å². The van der Waals surface area contributed by atoms with Gasteiger partial charge in [0.1, 0.15) is 10.8 Å². The second kappa shape index (κ2) is 5.55. The molecule has 1 aromatic rings. The van der Waals surface area contributed by atoms with Gasteiger partial charge in [-0.1, -0.05) is 23.2 Å². The highest BCUT2D eigenvalue weighted by atomic mass is 35.5. The minimum atomic E-state index is -3.27. The molecule has 112 valence electrons. The van der Waals surface area contributed by atoms with E-state index in [1.165, 1.54) is 10.6 Å². The number of halogens is 2. The molecule has 1 aliphatic heterocycles. The molecule has 0 spiro atoms. The van der Waals surface area contributed by atoms with Gasteiger partial charge in [-0.15, -0.1) is 0 Å². The third-order valence-electron chi connectivity index (χ3n) is 3.19. The lowest BCUT2D eigenvalue weighted by molar-refractivity contribution is 0.0781. The normalized spacial score (nSPS) is 19.6. The van der Waals surface area contributed by atoms with Gasteiger partial charge in [-0.2, -0.15) is 0 Å². The first kappa shape index (κ1) is 15.6. The van der Waals surface area contributed by atoms with Crippen LogP contribution in [0.15, 0.2) is 6.07 Å². The largest absolute Gasteiger partial charge is 0.336 e. The van der Waals surface area contributed by atoms with Crippen molar-refractivity contribution in [3.63, 3.8) is 0 Å². The first-order valence-electron chi connectivity index (χ1n) is 5.96. The molecule has 0 saturated carbocycles. The molecule has 0 unspecified atom stereocenters. The van der Waals surface area contributed by atoms with Crippen LogP contribution in [0.4, 0.5) is 0 Å². The predicted octanol–water partition coefficient (Wildman–Crippen LogP) is 1.10. The Balaban J connectivity index is 2.10. The number of carbonyl (C=O) groups excluding carboxylic acids is 1. The molecule has 2 heterocycles. The number of hydrogen-bond acceptors (Lipinski definition) is 3. The van der Waals surface area contributed by atoms with Crippen molar-refractivity contribution in [1.82, 2.24) is 14.2 Å². The van der Waals surface area contributed by atoms with Crippen molar-refractivity contribution in [2.45, 2.75) is 12.5 Å². The zero-order chi connectivity index (χ0) is 15.1. The van der Waals surface area contributed by atoms with E-state index < -0.39 is 10.0 Å². The van der Waals surface area contributed by atoms with E-state index in [0.29, 0.717) is 35.4 Å². The monoisotopic (exact) mass is 339 g/mol. The van der Waals surface area contributed by atoms with E-state index in [-0.39, 0.29) is 11.9 Å². The van der Waals surface area contributed by atoms with Gasteiger partial charge in [0.15, 0.2) is 0 Å². The Morgan fingerprint density at radius 2 is 2.10 bits per heavy atom. The number of likely N-dealkylation sites (tertiary alicyclic amines) is 1. The standard InChI is InChI=1S/C11H15Cl2N3O3S/c1-15-9(5-8(12)10(15)13)11(17)16-4-3-7(6-16)14-20(2,18)19/h5,7,14H,3-4,6H2,1-2H3/t7-/m1/s1. The van der Waals surface area contributed by atoms with Gasteiger partial charge < -0.3 is 9.47 Å². The number of rotatable bonds is 3. The maximum atomic E-state index is 12.4. The fraction of sp³-hybridized carbons (Fsp3) is 0.545. The molecule has 1 saturated heterocycles. The average molecular weight is 340 g/mol. The highest BCUT2D eigenvalue weighted by molar-refractivity contribution is 7.88. The van der Waals surface area contributed by atoms with E-state index in [9.17, 15) is 13.2 Å². The second-order valence-electron chi connectivity index (χ2n) is 4.85. The van der Waals surface area contributed by atoms with Gasteiger partial charge >= 0.3 is 0 Å². The van der Waals surface area contributed by atoms with E-state index in [0.717, 1.165) is 6.26 Å². The summed E-state index contributed by atoms with van der Waals surface area (Å²) in [6.07, 6.45) is 1.69. The van der Waals surface area contributed by atoms with Crippen molar-refractivity contribution in [2.75, 3.05) is 19.3 Å². The summed E-state index contributed by atoms with van der Waals surface area (Å²) in [7, 11) is -1.61. The molecule has 1 atom stereocenters. The van der Waals surface area contributed by atoms with Gasteiger partial charge in [-0.25, -0.2) is 13.1 Å². The topological polar surface area (TPSA) is 71.4 Å². The summed E-state index contributed by atoms with van der Waals surface area (Å²) < 4.78 is 26.4. The maximum Gasteiger partial charge on any atom is 0.270 e. The van der Waals surface area contributed by atoms with Gasteiger partial charge in [0, 0.05) is 26.2 Å². The van der Waals surface area contributed by atoms with Crippen molar-refractivity contribution in [1.29, 1.82) is 0 Å². The summed E-state index contributed by atoms with van der Waals surface area (Å²) in [6, 6.07) is 1.27. The molecule has 0 aromatic carbocycles.